The van der Waals surface area contributed by atoms with Gasteiger partial charge in [0.05, 0.1) is 0 Å². The third-order valence-corrected chi connectivity index (χ3v) is 1.17. The molecule has 0 aromatic carbocycles. The number of ether oxygens (including phenoxy) is 1. The van der Waals surface area contributed by atoms with Gasteiger partial charge in [-0.3, -0.25) is 0 Å². The van der Waals surface area contributed by atoms with Crippen LogP contribution in [0.4, 0.5) is 0 Å². The smallest absolute Gasteiger partial charge is 0.113 e. The maximum atomic E-state index is 5.49. The Labute approximate surface area is 44.7 Å². The largest absolute Gasteiger partial charge is 0.364 e. The highest BCUT2D eigenvalue weighted by atomic mass is 16.5. The van der Waals surface area contributed by atoms with E-state index in [-0.39, 0.29) is 0 Å². The highest BCUT2D eigenvalue weighted by Gasteiger charge is 2.11. The predicted octanol–water partition coefficient (Wildman–Crippen LogP) is 0.718. The van der Waals surface area contributed by atoms with Crippen molar-refractivity contribution in [3.05, 3.63) is 0 Å². The van der Waals surface area contributed by atoms with Crippen LogP contribution in [0.2, 0.25) is 0 Å². The van der Waals surface area contributed by atoms with Crippen molar-refractivity contribution in [1.29, 1.82) is 0 Å². The minimum absolute atomic E-state index is 0.417. The van der Waals surface area contributed by atoms with Crippen LogP contribution in [0.1, 0.15) is 20.3 Å². The highest BCUT2D eigenvalue weighted by molar-refractivity contribution is 4.60. The highest BCUT2D eigenvalue weighted by Crippen LogP contribution is 2.02. The van der Waals surface area contributed by atoms with Gasteiger partial charge in [0.15, 0.2) is 0 Å². The number of nitrogens with two attached hydrogens (primary N) is 1. The molecule has 0 aliphatic carbocycles. The lowest BCUT2D eigenvalue weighted by molar-refractivity contribution is 0.00857. The number of hydrogen-bond acceptors (Lipinski definition) is 2. The Morgan fingerprint density at radius 2 is 2.14 bits per heavy atom. The molecular weight excluding hydrogens is 90.1 g/mol. The van der Waals surface area contributed by atoms with Gasteiger partial charge in [-0.2, -0.15) is 0 Å². The van der Waals surface area contributed by atoms with E-state index in [0.717, 1.165) is 6.42 Å². The number of hydrogen-bond donors (Lipinski definition) is 1. The van der Waals surface area contributed by atoms with Crippen LogP contribution < -0.4 is 5.73 Å². The van der Waals surface area contributed by atoms with E-state index in [0.29, 0.717) is 0 Å². The Balaban J connectivity index is 3.36. The summed E-state index contributed by atoms with van der Waals surface area (Å²) in [7, 11) is 1.61. The van der Waals surface area contributed by atoms with E-state index in [1.807, 2.05) is 13.8 Å². The van der Waals surface area contributed by atoms with Gasteiger partial charge in [-0.15, -0.1) is 0 Å². The van der Waals surface area contributed by atoms with E-state index in [1.165, 1.54) is 0 Å². The Kier molecular flexibility index (Phi) is 2.26. The summed E-state index contributed by atoms with van der Waals surface area (Å²) < 4.78 is 4.86. The maximum absolute atomic E-state index is 5.49. The van der Waals surface area contributed by atoms with E-state index >= 15 is 0 Å². The maximum Gasteiger partial charge on any atom is 0.113 e. The molecule has 0 spiro atoms. The zero-order valence-corrected chi connectivity index (χ0v) is 5.19. The summed E-state index contributed by atoms with van der Waals surface area (Å²) in [6.07, 6.45) is 0.851. The molecule has 2 N–H and O–H groups in total. The minimum Gasteiger partial charge on any atom is -0.364 e. The monoisotopic (exact) mass is 103 g/mol. The van der Waals surface area contributed by atoms with Crippen LogP contribution >= 0.6 is 0 Å². The normalized spacial score (nSPS) is 18.9. The van der Waals surface area contributed by atoms with Crippen molar-refractivity contribution in [1.82, 2.24) is 0 Å². The molecule has 0 rings (SSSR count). The lowest BCUT2D eigenvalue weighted by atomic mass is 10.2. The Morgan fingerprint density at radius 3 is 2.14 bits per heavy atom. The van der Waals surface area contributed by atoms with E-state index < -0.39 is 5.72 Å². The molecule has 0 aromatic heterocycles. The zero-order valence-electron chi connectivity index (χ0n) is 5.19. The van der Waals surface area contributed by atoms with Crippen LogP contribution in [0, 0.1) is 0 Å². The molecule has 0 aliphatic heterocycles. The first-order valence-electron chi connectivity index (χ1n) is 2.46. The summed E-state index contributed by atoms with van der Waals surface area (Å²) in [6, 6.07) is 0. The number of methoxy groups -OCH3 is 1. The van der Waals surface area contributed by atoms with Crippen molar-refractivity contribution in [2.75, 3.05) is 7.11 Å². The molecule has 2 heteroatoms. The lowest BCUT2D eigenvalue weighted by Gasteiger charge is -2.19. The molecule has 0 fully saturated rings. The second kappa shape index (κ2) is 2.28. The molecule has 0 amide bonds. The van der Waals surface area contributed by atoms with Crippen LogP contribution in [-0.2, 0) is 4.74 Å². The second-order valence-corrected chi connectivity index (χ2v) is 1.87. The van der Waals surface area contributed by atoms with Crippen LogP contribution in [-0.4, -0.2) is 12.8 Å². The van der Waals surface area contributed by atoms with Crippen molar-refractivity contribution in [2.24, 2.45) is 5.73 Å². The average molecular weight is 103 g/mol. The van der Waals surface area contributed by atoms with Gasteiger partial charge < -0.3 is 10.5 Å². The Morgan fingerprint density at radius 1 is 1.71 bits per heavy atom. The lowest BCUT2D eigenvalue weighted by Crippen LogP contribution is -2.36. The molecule has 0 saturated heterocycles. The molecule has 1 atom stereocenters. The molecule has 0 radical (unpaired) electrons. The van der Waals surface area contributed by atoms with Crippen molar-refractivity contribution in [3.8, 4) is 0 Å². The quantitative estimate of drug-likeness (QED) is 0.522. The summed E-state index contributed by atoms with van der Waals surface area (Å²) in [5.74, 6) is 0. The van der Waals surface area contributed by atoms with Gasteiger partial charge in [0, 0.05) is 7.11 Å². The molecular formula is C5H13NO. The first-order chi connectivity index (χ1) is 3.12. The fourth-order valence-electron chi connectivity index (χ4n) is 0.144. The second-order valence-electron chi connectivity index (χ2n) is 1.87. The average Bonchev–Trinajstić information content (AvgIpc) is 1.68. The van der Waals surface area contributed by atoms with Gasteiger partial charge >= 0.3 is 0 Å². The van der Waals surface area contributed by atoms with E-state index in [1.54, 1.807) is 7.11 Å². The van der Waals surface area contributed by atoms with Gasteiger partial charge in [-0.1, -0.05) is 6.92 Å². The third-order valence-electron chi connectivity index (χ3n) is 1.17. The van der Waals surface area contributed by atoms with Gasteiger partial charge in [-0.05, 0) is 13.3 Å². The van der Waals surface area contributed by atoms with Crippen molar-refractivity contribution in [2.45, 2.75) is 26.0 Å². The molecule has 0 aliphatic rings. The molecule has 0 saturated carbocycles. The molecule has 0 aromatic rings. The molecule has 44 valence electrons. The first kappa shape index (κ1) is 6.92. The summed E-state index contributed by atoms with van der Waals surface area (Å²) in [6.45, 7) is 3.84. The van der Waals surface area contributed by atoms with Crippen LogP contribution in [0.25, 0.3) is 0 Å². The zero-order chi connectivity index (χ0) is 5.91. The third kappa shape index (κ3) is 2.60. The molecule has 1 unspecified atom stereocenters. The summed E-state index contributed by atoms with van der Waals surface area (Å²) in [4.78, 5) is 0. The van der Waals surface area contributed by atoms with Crippen molar-refractivity contribution in [3.63, 3.8) is 0 Å². The molecule has 0 bridgehead atoms. The molecule has 7 heavy (non-hydrogen) atoms. The first-order valence-corrected chi connectivity index (χ1v) is 2.46. The molecule has 0 heterocycles. The van der Waals surface area contributed by atoms with Crippen molar-refractivity contribution < 1.29 is 4.74 Å². The summed E-state index contributed by atoms with van der Waals surface area (Å²) >= 11 is 0. The van der Waals surface area contributed by atoms with Gasteiger partial charge in [-0.25, -0.2) is 0 Å². The topological polar surface area (TPSA) is 35.2 Å². The fourth-order valence-corrected chi connectivity index (χ4v) is 0.144. The Hall–Kier alpha value is -0.0800. The fraction of sp³-hybridized carbons (Fsp3) is 1.00. The van der Waals surface area contributed by atoms with E-state index in [4.69, 9.17) is 10.5 Å². The van der Waals surface area contributed by atoms with E-state index in [2.05, 4.69) is 0 Å². The summed E-state index contributed by atoms with van der Waals surface area (Å²) in [5, 5.41) is 0. The Bertz CT molecular complexity index is 46.0. The van der Waals surface area contributed by atoms with Gasteiger partial charge in [0.1, 0.15) is 5.72 Å². The number of rotatable bonds is 2. The van der Waals surface area contributed by atoms with Crippen LogP contribution in [0.5, 0.6) is 0 Å². The standard InChI is InChI=1S/C5H13NO/c1-4-5(2,6)7-3/h4,6H2,1-3H3. The van der Waals surface area contributed by atoms with E-state index in [9.17, 15) is 0 Å². The summed E-state index contributed by atoms with van der Waals surface area (Å²) in [5.41, 5.74) is 5.08. The minimum atomic E-state index is -0.417. The SMILES string of the molecule is CCC(C)(N)OC. The predicted molar refractivity (Wildman–Crippen MR) is 29.9 cm³/mol. The van der Waals surface area contributed by atoms with Gasteiger partial charge in [0.2, 0.25) is 0 Å². The van der Waals surface area contributed by atoms with Crippen molar-refractivity contribution >= 4 is 0 Å². The van der Waals surface area contributed by atoms with Gasteiger partial charge in [0.25, 0.3) is 0 Å². The van der Waals surface area contributed by atoms with Crippen LogP contribution in [0.3, 0.4) is 0 Å². The molecule has 2 nitrogen and oxygen atoms in total. The van der Waals surface area contributed by atoms with Crippen LogP contribution in [0.15, 0.2) is 0 Å².